The number of nitrogens with one attached hydrogen (secondary N) is 2. The van der Waals surface area contributed by atoms with Gasteiger partial charge in [0, 0.05) is 19.2 Å². The van der Waals surface area contributed by atoms with Crippen molar-refractivity contribution in [1.82, 2.24) is 10.6 Å². The Balaban J connectivity index is 2.28. The number of methoxy groups -OCH3 is 2. The fourth-order valence-electron chi connectivity index (χ4n) is 1.27. The van der Waals surface area contributed by atoms with Crippen molar-refractivity contribution in [2.45, 2.75) is 0 Å². The van der Waals surface area contributed by atoms with E-state index in [1.807, 2.05) is 24.3 Å². The molecule has 2 N–H and O–H groups in total. The largest absolute Gasteiger partial charge is 0.497 e. The number of hydrogen-bond donors (Lipinski definition) is 2. The van der Waals surface area contributed by atoms with Crippen LogP contribution in [0.3, 0.4) is 0 Å². The van der Waals surface area contributed by atoms with E-state index in [1.165, 1.54) is 0 Å². The van der Waals surface area contributed by atoms with Crippen LogP contribution in [-0.4, -0.2) is 39.9 Å². The molecule has 0 aliphatic heterocycles. The van der Waals surface area contributed by atoms with Gasteiger partial charge in [-0.25, -0.2) is 4.79 Å². The molecule has 1 aromatic carbocycles. The first-order valence-corrected chi connectivity index (χ1v) is 5.90. The summed E-state index contributed by atoms with van der Waals surface area (Å²) >= 11 is 0. The van der Waals surface area contributed by atoms with Crippen LogP contribution in [0.25, 0.3) is 0 Å². The number of carbonyl (C=O) groups excluding carboxylic acids is 1. The molecule has 2 amide bonds. The Morgan fingerprint density at radius 3 is 2.58 bits per heavy atom. The van der Waals surface area contributed by atoms with E-state index < -0.39 is 0 Å². The second kappa shape index (κ2) is 8.84. The van der Waals surface area contributed by atoms with E-state index in [4.69, 9.17) is 9.47 Å². The van der Waals surface area contributed by atoms with Crippen LogP contribution in [0.1, 0.15) is 5.56 Å². The molecule has 0 radical (unpaired) electrons. The maximum atomic E-state index is 11.3. The van der Waals surface area contributed by atoms with Gasteiger partial charge < -0.3 is 20.1 Å². The van der Waals surface area contributed by atoms with Gasteiger partial charge in [-0.15, -0.1) is 0 Å². The maximum absolute atomic E-state index is 11.3. The van der Waals surface area contributed by atoms with Crippen molar-refractivity contribution < 1.29 is 14.3 Å². The van der Waals surface area contributed by atoms with E-state index in [0.717, 1.165) is 11.3 Å². The highest BCUT2D eigenvalue weighted by molar-refractivity contribution is 5.74. The van der Waals surface area contributed by atoms with Crippen LogP contribution in [0.15, 0.2) is 24.3 Å². The molecule has 1 rings (SSSR count). The topological polar surface area (TPSA) is 59.6 Å². The zero-order chi connectivity index (χ0) is 13.9. The molecule has 102 valence electrons. The molecule has 0 fully saturated rings. The van der Waals surface area contributed by atoms with E-state index in [-0.39, 0.29) is 6.03 Å². The molecule has 5 nitrogen and oxygen atoms in total. The summed E-state index contributed by atoms with van der Waals surface area (Å²) in [6.45, 7) is 1.27. The number of hydrogen-bond acceptors (Lipinski definition) is 3. The van der Waals surface area contributed by atoms with E-state index in [0.29, 0.717) is 19.7 Å². The molecule has 0 saturated carbocycles. The number of rotatable bonds is 5. The molecule has 0 spiro atoms. The van der Waals surface area contributed by atoms with E-state index in [2.05, 4.69) is 22.5 Å². The van der Waals surface area contributed by atoms with Gasteiger partial charge in [0.05, 0.1) is 20.3 Å². The first kappa shape index (κ1) is 14.9. The van der Waals surface area contributed by atoms with Gasteiger partial charge in [-0.1, -0.05) is 11.8 Å². The smallest absolute Gasteiger partial charge is 0.315 e. The lowest BCUT2D eigenvalue weighted by molar-refractivity contribution is 0.196. The van der Waals surface area contributed by atoms with Crippen LogP contribution in [0.2, 0.25) is 0 Å². The number of carbonyl (C=O) groups is 1. The molecular weight excluding hydrogens is 244 g/mol. The fourth-order valence-corrected chi connectivity index (χ4v) is 1.27. The van der Waals surface area contributed by atoms with Crippen molar-refractivity contribution in [1.29, 1.82) is 0 Å². The standard InChI is InChI=1S/C14H18N2O3/c1-18-11-10-16-14(17)15-9-3-4-12-5-7-13(19-2)8-6-12/h5-8H,9-11H2,1-2H3,(H2,15,16,17). The SMILES string of the molecule is COCCNC(=O)NCC#Cc1ccc(OC)cc1. The molecule has 5 heteroatoms. The lowest BCUT2D eigenvalue weighted by Crippen LogP contribution is -2.37. The molecule has 0 saturated heterocycles. The third-order valence-corrected chi connectivity index (χ3v) is 2.25. The number of urea groups is 1. The third kappa shape index (κ3) is 6.34. The summed E-state index contributed by atoms with van der Waals surface area (Å²) in [4.78, 5) is 11.3. The van der Waals surface area contributed by atoms with Gasteiger partial charge in [-0.3, -0.25) is 0 Å². The molecule has 0 heterocycles. The first-order chi connectivity index (χ1) is 9.26. The second-order valence-corrected chi connectivity index (χ2v) is 3.63. The average Bonchev–Trinajstić information content (AvgIpc) is 2.44. The van der Waals surface area contributed by atoms with Crippen LogP contribution >= 0.6 is 0 Å². The lowest BCUT2D eigenvalue weighted by atomic mass is 10.2. The van der Waals surface area contributed by atoms with Crippen molar-refractivity contribution in [3.05, 3.63) is 29.8 Å². The Bertz CT molecular complexity index is 446. The quantitative estimate of drug-likeness (QED) is 0.614. The number of ether oxygens (including phenoxy) is 2. The Hall–Kier alpha value is -2.19. The highest BCUT2D eigenvalue weighted by Crippen LogP contribution is 2.09. The Morgan fingerprint density at radius 2 is 1.95 bits per heavy atom. The Morgan fingerprint density at radius 1 is 1.21 bits per heavy atom. The minimum absolute atomic E-state index is 0.249. The monoisotopic (exact) mass is 262 g/mol. The predicted octanol–water partition coefficient (Wildman–Crippen LogP) is 0.992. The number of amides is 2. The highest BCUT2D eigenvalue weighted by Gasteiger charge is 1.95. The van der Waals surface area contributed by atoms with E-state index in [9.17, 15) is 4.79 Å². The van der Waals surface area contributed by atoms with E-state index in [1.54, 1.807) is 14.2 Å². The van der Waals surface area contributed by atoms with Crippen LogP contribution in [0.4, 0.5) is 4.79 Å². The molecule has 0 aliphatic carbocycles. The van der Waals surface area contributed by atoms with Gasteiger partial charge >= 0.3 is 6.03 Å². The molecule has 1 aromatic rings. The van der Waals surface area contributed by atoms with Crippen molar-refractivity contribution >= 4 is 6.03 Å². The van der Waals surface area contributed by atoms with Gasteiger partial charge in [-0.2, -0.15) is 0 Å². The highest BCUT2D eigenvalue weighted by atomic mass is 16.5. The summed E-state index contributed by atoms with van der Waals surface area (Å²) in [5.41, 5.74) is 0.877. The van der Waals surface area contributed by atoms with Crippen LogP contribution < -0.4 is 15.4 Å². The van der Waals surface area contributed by atoms with Crippen molar-refractivity contribution in [2.24, 2.45) is 0 Å². The molecular formula is C14H18N2O3. The van der Waals surface area contributed by atoms with Crippen LogP contribution in [0, 0.1) is 11.8 Å². The van der Waals surface area contributed by atoms with Gasteiger partial charge in [0.2, 0.25) is 0 Å². The number of benzene rings is 1. The van der Waals surface area contributed by atoms with Gasteiger partial charge in [0.15, 0.2) is 0 Å². The van der Waals surface area contributed by atoms with E-state index >= 15 is 0 Å². The molecule has 0 unspecified atom stereocenters. The molecule has 0 aliphatic rings. The lowest BCUT2D eigenvalue weighted by Gasteiger charge is -2.03. The summed E-state index contributed by atoms with van der Waals surface area (Å²) in [5, 5.41) is 5.27. The summed E-state index contributed by atoms with van der Waals surface area (Å²) in [7, 11) is 3.20. The normalized spacial score (nSPS) is 9.16. The zero-order valence-electron chi connectivity index (χ0n) is 11.2. The minimum atomic E-state index is -0.249. The van der Waals surface area contributed by atoms with Crippen molar-refractivity contribution in [3.8, 4) is 17.6 Å². The minimum Gasteiger partial charge on any atom is -0.497 e. The zero-order valence-corrected chi connectivity index (χ0v) is 11.2. The third-order valence-electron chi connectivity index (χ3n) is 2.25. The van der Waals surface area contributed by atoms with Gasteiger partial charge in [0.25, 0.3) is 0 Å². The maximum Gasteiger partial charge on any atom is 0.315 e. The average molecular weight is 262 g/mol. The van der Waals surface area contributed by atoms with Crippen LogP contribution in [-0.2, 0) is 4.74 Å². The van der Waals surface area contributed by atoms with Crippen molar-refractivity contribution in [2.75, 3.05) is 33.9 Å². The predicted molar refractivity (Wildman–Crippen MR) is 73.1 cm³/mol. The van der Waals surface area contributed by atoms with Gasteiger partial charge in [-0.05, 0) is 24.3 Å². The molecule has 0 atom stereocenters. The Labute approximate surface area is 113 Å². The summed E-state index contributed by atoms with van der Waals surface area (Å²) in [6, 6.07) is 7.17. The summed E-state index contributed by atoms with van der Waals surface area (Å²) < 4.78 is 9.86. The van der Waals surface area contributed by atoms with Gasteiger partial charge in [0.1, 0.15) is 5.75 Å². The van der Waals surface area contributed by atoms with Crippen LogP contribution in [0.5, 0.6) is 5.75 Å². The first-order valence-electron chi connectivity index (χ1n) is 5.90. The second-order valence-electron chi connectivity index (χ2n) is 3.63. The molecule has 0 aromatic heterocycles. The fraction of sp³-hybridized carbons (Fsp3) is 0.357. The van der Waals surface area contributed by atoms with Crippen molar-refractivity contribution in [3.63, 3.8) is 0 Å². The summed E-state index contributed by atoms with van der Waals surface area (Å²) in [6.07, 6.45) is 0. The molecule has 0 bridgehead atoms. The molecule has 19 heavy (non-hydrogen) atoms. The summed E-state index contributed by atoms with van der Waals surface area (Å²) in [5.74, 6) is 6.61. The Kier molecular flexibility index (Phi) is 6.92.